The van der Waals surface area contributed by atoms with Gasteiger partial charge in [0.1, 0.15) is 0 Å². The average Bonchev–Trinajstić information content (AvgIpc) is 3.14. The molecule has 0 aromatic heterocycles. The summed E-state index contributed by atoms with van der Waals surface area (Å²) in [5, 5.41) is 2.10. The number of esters is 1. The summed E-state index contributed by atoms with van der Waals surface area (Å²) in [6.07, 6.45) is -3.80. The minimum Gasteiger partial charge on any atom is -0.455 e. The minimum absolute atomic E-state index is 0.0601. The zero-order valence-corrected chi connectivity index (χ0v) is 17.8. The number of alkyl halides is 3. The average molecular weight is 469 g/mol. The van der Waals surface area contributed by atoms with E-state index in [1.807, 2.05) is 19.1 Å². The Morgan fingerprint density at radius 3 is 2.50 bits per heavy atom. The highest BCUT2D eigenvalue weighted by Gasteiger charge is 2.36. The first-order valence-electron chi connectivity index (χ1n) is 9.81. The molecule has 0 radical (unpaired) electrons. The van der Waals surface area contributed by atoms with Gasteiger partial charge in [-0.05, 0) is 42.3 Å². The van der Waals surface area contributed by atoms with Crippen molar-refractivity contribution in [3.8, 4) is 0 Å². The lowest BCUT2D eigenvalue weighted by Gasteiger charge is -2.17. The highest BCUT2D eigenvalue weighted by molar-refractivity contribution is 6.33. The number of carbonyl (C=O) groups excluding carboxylic acids is 3. The van der Waals surface area contributed by atoms with Gasteiger partial charge in [-0.3, -0.25) is 14.4 Å². The lowest BCUT2D eigenvalue weighted by Crippen LogP contribution is -2.28. The number of nitrogens with zero attached hydrogens (tertiary/aromatic N) is 1. The monoisotopic (exact) mass is 468 g/mol. The number of nitrogens with one attached hydrogen (secondary N) is 1. The second kappa shape index (κ2) is 9.60. The van der Waals surface area contributed by atoms with Crippen molar-refractivity contribution >= 4 is 40.8 Å². The SMILES string of the molecule is CCc1ccc(N2C[C@@H](C(=O)OCC(=O)Nc3cc(C(F)(F)F)ccc3Cl)CC2=O)cc1. The number of amides is 2. The first kappa shape index (κ1) is 23.6. The second-order valence-electron chi connectivity index (χ2n) is 7.27. The van der Waals surface area contributed by atoms with Crippen LogP contribution in [0.15, 0.2) is 42.5 Å². The van der Waals surface area contributed by atoms with Gasteiger partial charge < -0.3 is 15.0 Å². The molecular formula is C22H20ClF3N2O4. The Labute approximate surface area is 187 Å². The van der Waals surface area contributed by atoms with Crippen molar-refractivity contribution in [3.05, 3.63) is 58.6 Å². The van der Waals surface area contributed by atoms with Crippen molar-refractivity contribution in [2.75, 3.05) is 23.4 Å². The molecule has 1 aliphatic heterocycles. The molecule has 6 nitrogen and oxygen atoms in total. The van der Waals surface area contributed by atoms with E-state index in [0.29, 0.717) is 11.8 Å². The lowest BCUT2D eigenvalue weighted by atomic mass is 10.1. The molecule has 0 bridgehead atoms. The predicted octanol–water partition coefficient (Wildman–Crippen LogP) is 4.46. The van der Waals surface area contributed by atoms with Gasteiger partial charge in [-0.15, -0.1) is 0 Å². The van der Waals surface area contributed by atoms with E-state index < -0.39 is 36.1 Å². The lowest BCUT2D eigenvalue weighted by molar-refractivity contribution is -0.151. The molecule has 1 heterocycles. The zero-order valence-electron chi connectivity index (χ0n) is 17.0. The summed E-state index contributed by atoms with van der Waals surface area (Å²) >= 11 is 5.83. The molecule has 2 aromatic carbocycles. The minimum atomic E-state index is -4.60. The van der Waals surface area contributed by atoms with Gasteiger partial charge in [0.15, 0.2) is 6.61 Å². The number of carbonyl (C=O) groups is 3. The molecule has 170 valence electrons. The van der Waals surface area contributed by atoms with Crippen LogP contribution in [0.4, 0.5) is 24.5 Å². The van der Waals surface area contributed by atoms with Crippen molar-refractivity contribution in [3.63, 3.8) is 0 Å². The first-order valence-corrected chi connectivity index (χ1v) is 10.2. The number of aryl methyl sites for hydroxylation is 1. The molecule has 3 rings (SSSR count). The molecule has 0 unspecified atom stereocenters. The van der Waals surface area contributed by atoms with E-state index in [4.69, 9.17) is 16.3 Å². The molecule has 1 N–H and O–H groups in total. The quantitative estimate of drug-likeness (QED) is 0.635. The van der Waals surface area contributed by atoms with Gasteiger partial charge in [0.05, 0.1) is 22.2 Å². The maximum Gasteiger partial charge on any atom is 0.416 e. The molecule has 32 heavy (non-hydrogen) atoms. The second-order valence-corrected chi connectivity index (χ2v) is 7.68. The van der Waals surface area contributed by atoms with E-state index in [0.717, 1.165) is 24.1 Å². The standard InChI is InChI=1S/C22H20ClF3N2O4/c1-2-13-3-6-16(7-4-13)28-11-14(9-20(28)30)21(31)32-12-19(29)27-18-10-15(22(24,25)26)5-8-17(18)23/h3-8,10,14H,2,9,11-12H2,1H3,(H,27,29)/t14-/m0/s1. The molecule has 1 atom stereocenters. The van der Waals surface area contributed by atoms with Gasteiger partial charge in [0, 0.05) is 18.7 Å². The third-order valence-corrected chi connectivity index (χ3v) is 5.36. The Kier molecular flexibility index (Phi) is 7.08. The molecule has 0 saturated carbocycles. The number of hydrogen-bond donors (Lipinski definition) is 1. The highest BCUT2D eigenvalue weighted by atomic mass is 35.5. The topological polar surface area (TPSA) is 75.7 Å². The van der Waals surface area contributed by atoms with Crippen LogP contribution < -0.4 is 10.2 Å². The van der Waals surface area contributed by atoms with Crippen molar-refractivity contribution < 1.29 is 32.3 Å². The van der Waals surface area contributed by atoms with Crippen LogP contribution in [0.5, 0.6) is 0 Å². The highest BCUT2D eigenvalue weighted by Crippen LogP contribution is 2.34. The van der Waals surface area contributed by atoms with E-state index in [1.54, 1.807) is 12.1 Å². The number of rotatable bonds is 6. The van der Waals surface area contributed by atoms with E-state index in [9.17, 15) is 27.6 Å². The summed E-state index contributed by atoms with van der Waals surface area (Å²) in [6, 6.07) is 9.90. The van der Waals surface area contributed by atoms with Gasteiger partial charge in [-0.1, -0.05) is 30.7 Å². The first-order chi connectivity index (χ1) is 15.1. The van der Waals surface area contributed by atoms with Gasteiger partial charge >= 0.3 is 12.1 Å². The molecule has 2 aromatic rings. The Hall–Kier alpha value is -3.07. The van der Waals surface area contributed by atoms with Crippen LogP contribution in [-0.4, -0.2) is 30.9 Å². The fourth-order valence-electron chi connectivity index (χ4n) is 3.26. The number of halogens is 4. The molecule has 10 heteroatoms. The summed E-state index contributed by atoms with van der Waals surface area (Å²) in [4.78, 5) is 38.2. The van der Waals surface area contributed by atoms with Gasteiger partial charge in [-0.2, -0.15) is 13.2 Å². The summed E-state index contributed by atoms with van der Waals surface area (Å²) in [7, 11) is 0. The molecule has 1 aliphatic rings. The predicted molar refractivity (Wildman–Crippen MR) is 112 cm³/mol. The van der Waals surface area contributed by atoms with E-state index >= 15 is 0 Å². The smallest absolute Gasteiger partial charge is 0.416 e. The van der Waals surface area contributed by atoms with E-state index in [1.165, 1.54) is 4.90 Å². The molecule has 0 spiro atoms. The Morgan fingerprint density at radius 1 is 1.19 bits per heavy atom. The Balaban J connectivity index is 1.55. The van der Waals surface area contributed by atoms with Crippen LogP contribution in [0, 0.1) is 5.92 Å². The largest absolute Gasteiger partial charge is 0.455 e. The fraction of sp³-hybridized carbons (Fsp3) is 0.318. The van der Waals surface area contributed by atoms with Gasteiger partial charge in [0.2, 0.25) is 5.91 Å². The van der Waals surface area contributed by atoms with Crippen molar-refractivity contribution in [2.45, 2.75) is 25.9 Å². The molecule has 2 amide bonds. The number of hydrogen-bond acceptors (Lipinski definition) is 4. The maximum atomic E-state index is 12.8. The summed E-state index contributed by atoms with van der Waals surface area (Å²) in [5.41, 5.74) is 0.550. The van der Waals surface area contributed by atoms with E-state index in [-0.39, 0.29) is 29.6 Å². The van der Waals surface area contributed by atoms with Crippen molar-refractivity contribution in [2.24, 2.45) is 5.92 Å². The van der Waals surface area contributed by atoms with Gasteiger partial charge in [-0.25, -0.2) is 0 Å². The Bertz CT molecular complexity index is 1020. The van der Waals surface area contributed by atoms with Crippen molar-refractivity contribution in [1.29, 1.82) is 0 Å². The normalized spacial score (nSPS) is 16.2. The summed E-state index contributed by atoms with van der Waals surface area (Å²) < 4.78 is 43.5. The molecule has 1 saturated heterocycles. The third kappa shape index (κ3) is 5.59. The number of benzene rings is 2. The van der Waals surface area contributed by atoms with E-state index in [2.05, 4.69) is 5.32 Å². The van der Waals surface area contributed by atoms with Crippen LogP contribution in [0.1, 0.15) is 24.5 Å². The number of ether oxygens (including phenoxy) is 1. The maximum absolute atomic E-state index is 12.8. The summed E-state index contributed by atoms with van der Waals surface area (Å²) in [5.74, 6) is -2.58. The summed E-state index contributed by atoms with van der Waals surface area (Å²) in [6.45, 7) is 1.41. The van der Waals surface area contributed by atoms with Crippen molar-refractivity contribution in [1.82, 2.24) is 0 Å². The van der Waals surface area contributed by atoms with Crippen LogP contribution >= 0.6 is 11.6 Å². The van der Waals surface area contributed by atoms with Gasteiger partial charge in [0.25, 0.3) is 5.91 Å². The van der Waals surface area contributed by atoms with Crippen LogP contribution in [0.3, 0.4) is 0 Å². The van der Waals surface area contributed by atoms with Crippen LogP contribution in [0.2, 0.25) is 5.02 Å². The van der Waals surface area contributed by atoms with Crippen LogP contribution in [0.25, 0.3) is 0 Å². The fourth-order valence-corrected chi connectivity index (χ4v) is 3.43. The Morgan fingerprint density at radius 2 is 1.88 bits per heavy atom. The molecule has 1 fully saturated rings. The number of anilines is 2. The molecule has 0 aliphatic carbocycles. The zero-order chi connectivity index (χ0) is 23.5. The third-order valence-electron chi connectivity index (χ3n) is 5.03. The van der Waals surface area contributed by atoms with Crippen LogP contribution in [-0.2, 0) is 31.7 Å². The molecular weight excluding hydrogens is 449 g/mol.